The molecule has 0 aliphatic carbocycles. The van der Waals surface area contributed by atoms with Crippen LogP contribution >= 0.6 is 11.8 Å². The number of carbonyl (C=O) groups is 2. The van der Waals surface area contributed by atoms with Gasteiger partial charge in [0.2, 0.25) is 5.91 Å². The Bertz CT molecular complexity index is 392. The van der Waals surface area contributed by atoms with Gasteiger partial charge in [0.05, 0.1) is 11.0 Å². The first-order chi connectivity index (χ1) is 8.69. The molecule has 1 amide bonds. The number of nitrogens with one attached hydrogen (secondary N) is 1. The summed E-state index contributed by atoms with van der Waals surface area (Å²) in [6.07, 6.45) is 0.734. The van der Waals surface area contributed by atoms with Gasteiger partial charge in [0, 0.05) is 12.1 Å². The maximum absolute atomic E-state index is 12.2. The van der Waals surface area contributed by atoms with E-state index in [9.17, 15) is 9.59 Å². The van der Waals surface area contributed by atoms with Gasteiger partial charge >= 0.3 is 0 Å². The van der Waals surface area contributed by atoms with Gasteiger partial charge in [0.25, 0.3) is 0 Å². The van der Waals surface area contributed by atoms with Gasteiger partial charge in [-0.15, -0.1) is 11.8 Å². The Morgan fingerprint density at radius 2 is 1.89 bits per heavy atom. The number of hydrogen-bond acceptors (Lipinski definition) is 3. The molecule has 0 aliphatic heterocycles. The van der Waals surface area contributed by atoms with Gasteiger partial charge < -0.3 is 5.32 Å². The summed E-state index contributed by atoms with van der Waals surface area (Å²) in [5, 5.41) is 2.59. The Kier molecular flexibility index (Phi) is 6.50. The molecule has 18 heavy (non-hydrogen) atoms. The third-order valence-electron chi connectivity index (χ3n) is 2.51. The molecule has 0 aromatic heterocycles. The summed E-state index contributed by atoms with van der Waals surface area (Å²) in [4.78, 5) is 23.6. The number of benzene rings is 1. The second kappa shape index (κ2) is 7.93. The van der Waals surface area contributed by atoms with Crippen LogP contribution in [0.15, 0.2) is 30.3 Å². The summed E-state index contributed by atoms with van der Waals surface area (Å²) >= 11 is 1.41. The van der Waals surface area contributed by atoms with Crippen molar-refractivity contribution in [2.24, 2.45) is 0 Å². The molecule has 1 unspecified atom stereocenters. The van der Waals surface area contributed by atoms with Gasteiger partial charge in [-0.25, -0.2) is 0 Å². The van der Waals surface area contributed by atoms with Crippen LogP contribution in [0.5, 0.6) is 0 Å². The van der Waals surface area contributed by atoms with Crippen molar-refractivity contribution >= 4 is 23.5 Å². The highest BCUT2D eigenvalue weighted by Gasteiger charge is 2.19. The average molecular weight is 265 g/mol. The monoisotopic (exact) mass is 265 g/mol. The molecule has 0 aliphatic rings. The Balaban J connectivity index is 2.56. The first kappa shape index (κ1) is 14.8. The van der Waals surface area contributed by atoms with E-state index in [1.807, 2.05) is 44.2 Å². The van der Waals surface area contributed by atoms with Gasteiger partial charge in [0.1, 0.15) is 0 Å². The highest BCUT2D eigenvalue weighted by molar-refractivity contribution is 8.01. The van der Waals surface area contributed by atoms with Crippen LogP contribution in [0.4, 0.5) is 0 Å². The standard InChI is InChI=1S/C14H19NO2S/c1-3-12(18-10-13(16)15-4-2)14(17)11-8-6-5-7-9-11/h5-9,12H,3-4,10H2,1-2H3,(H,15,16). The highest BCUT2D eigenvalue weighted by atomic mass is 32.2. The van der Waals surface area contributed by atoms with Gasteiger partial charge in [0.15, 0.2) is 5.78 Å². The first-order valence-electron chi connectivity index (χ1n) is 6.16. The van der Waals surface area contributed by atoms with Gasteiger partial charge in [-0.05, 0) is 13.3 Å². The Labute approximate surface area is 112 Å². The smallest absolute Gasteiger partial charge is 0.230 e. The average Bonchev–Trinajstić information content (AvgIpc) is 2.40. The van der Waals surface area contributed by atoms with Crippen molar-refractivity contribution in [1.82, 2.24) is 5.32 Å². The fraction of sp³-hybridized carbons (Fsp3) is 0.429. The molecule has 1 atom stereocenters. The fourth-order valence-electron chi connectivity index (χ4n) is 1.59. The number of thioether (sulfide) groups is 1. The minimum atomic E-state index is -0.144. The molecule has 3 nitrogen and oxygen atoms in total. The van der Waals surface area contributed by atoms with Crippen LogP contribution in [0, 0.1) is 0 Å². The SMILES string of the molecule is CCNC(=O)CSC(CC)C(=O)c1ccccc1. The minimum Gasteiger partial charge on any atom is -0.356 e. The Morgan fingerprint density at radius 1 is 1.22 bits per heavy atom. The molecule has 0 saturated carbocycles. The van der Waals surface area contributed by atoms with Crippen LogP contribution < -0.4 is 5.32 Å². The number of Topliss-reactive ketones (excluding diaryl/α,β-unsaturated/α-hetero) is 1. The lowest BCUT2D eigenvalue weighted by atomic mass is 10.1. The molecule has 1 N–H and O–H groups in total. The highest BCUT2D eigenvalue weighted by Crippen LogP contribution is 2.19. The number of hydrogen-bond donors (Lipinski definition) is 1. The van der Waals surface area contributed by atoms with Crippen LogP contribution in [-0.2, 0) is 4.79 Å². The van der Waals surface area contributed by atoms with Crippen LogP contribution in [-0.4, -0.2) is 29.2 Å². The lowest BCUT2D eigenvalue weighted by Gasteiger charge is -2.13. The third-order valence-corrected chi connectivity index (χ3v) is 3.89. The van der Waals surface area contributed by atoms with Crippen LogP contribution in [0.25, 0.3) is 0 Å². The molecule has 98 valence electrons. The summed E-state index contributed by atoms with van der Waals surface area (Å²) in [6.45, 7) is 4.48. The van der Waals surface area contributed by atoms with Crippen LogP contribution in [0.2, 0.25) is 0 Å². The zero-order valence-corrected chi connectivity index (χ0v) is 11.6. The minimum absolute atomic E-state index is 0.0122. The lowest BCUT2D eigenvalue weighted by molar-refractivity contribution is -0.118. The third kappa shape index (κ3) is 4.53. The van der Waals surface area contributed by atoms with Crippen molar-refractivity contribution in [3.63, 3.8) is 0 Å². The molecular weight excluding hydrogens is 246 g/mol. The van der Waals surface area contributed by atoms with E-state index in [0.29, 0.717) is 17.9 Å². The van der Waals surface area contributed by atoms with Crippen molar-refractivity contribution < 1.29 is 9.59 Å². The normalized spacial score (nSPS) is 11.9. The predicted molar refractivity (Wildman–Crippen MR) is 76.0 cm³/mol. The zero-order chi connectivity index (χ0) is 13.4. The van der Waals surface area contributed by atoms with E-state index in [-0.39, 0.29) is 16.9 Å². The first-order valence-corrected chi connectivity index (χ1v) is 7.21. The van der Waals surface area contributed by atoms with Crippen molar-refractivity contribution in [2.45, 2.75) is 25.5 Å². The van der Waals surface area contributed by atoms with Crippen LogP contribution in [0.1, 0.15) is 30.6 Å². The fourth-order valence-corrected chi connectivity index (χ4v) is 2.57. The van der Waals surface area contributed by atoms with E-state index in [1.54, 1.807) is 0 Å². The lowest BCUT2D eigenvalue weighted by Crippen LogP contribution is -2.27. The van der Waals surface area contributed by atoms with E-state index >= 15 is 0 Å². The summed E-state index contributed by atoms with van der Waals surface area (Å²) in [7, 11) is 0. The molecule has 0 saturated heterocycles. The molecular formula is C14H19NO2S. The van der Waals surface area contributed by atoms with Gasteiger partial charge in [-0.1, -0.05) is 37.3 Å². The van der Waals surface area contributed by atoms with E-state index < -0.39 is 0 Å². The number of ketones is 1. The predicted octanol–water partition coefficient (Wildman–Crippen LogP) is 2.52. The van der Waals surface area contributed by atoms with E-state index in [0.717, 1.165) is 6.42 Å². The number of carbonyl (C=O) groups excluding carboxylic acids is 2. The molecule has 0 fully saturated rings. The molecule has 0 spiro atoms. The van der Waals surface area contributed by atoms with E-state index in [4.69, 9.17) is 0 Å². The van der Waals surface area contributed by atoms with E-state index in [2.05, 4.69) is 5.32 Å². The second-order valence-corrected chi connectivity index (χ2v) is 5.08. The molecule has 1 rings (SSSR count). The summed E-state index contributed by atoms with van der Waals surface area (Å²) < 4.78 is 0. The topological polar surface area (TPSA) is 46.2 Å². The maximum Gasteiger partial charge on any atom is 0.230 e. The molecule has 4 heteroatoms. The van der Waals surface area contributed by atoms with Crippen molar-refractivity contribution in [2.75, 3.05) is 12.3 Å². The van der Waals surface area contributed by atoms with Gasteiger partial charge in [-0.2, -0.15) is 0 Å². The zero-order valence-electron chi connectivity index (χ0n) is 10.8. The largest absolute Gasteiger partial charge is 0.356 e. The van der Waals surface area contributed by atoms with E-state index in [1.165, 1.54) is 11.8 Å². The molecule has 0 bridgehead atoms. The van der Waals surface area contributed by atoms with Crippen molar-refractivity contribution in [1.29, 1.82) is 0 Å². The number of amides is 1. The Morgan fingerprint density at radius 3 is 2.44 bits per heavy atom. The molecule has 0 radical (unpaired) electrons. The molecule has 1 aromatic carbocycles. The van der Waals surface area contributed by atoms with Crippen LogP contribution in [0.3, 0.4) is 0 Å². The Hall–Kier alpha value is -1.29. The second-order valence-electron chi connectivity index (χ2n) is 3.89. The maximum atomic E-state index is 12.2. The number of rotatable bonds is 7. The summed E-state index contributed by atoms with van der Waals surface area (Å²) in [6, 6.07) is 9.23. The van der Waals surface area contributed by atoms with Gasteiger partial charge in [-0.3, -0.25) is 9.59 Å². The molecule has 0 heterocycles. The summed E-state index contributed by atoms with van der Waals surface area (Å²) in [5.74, 6) is 0.430. The summed E-state index contributed by atoms with van der Waals surface area (Å²) in [5.41, 5.74) is 0.716. The quantitative estimate of drug-likeness (QED) is 0.771. The molecule has 1 aromatic rings. The van der Waals surface area contributed by atoms with Crippen molar-refractivity contribution in [3.8, 4) is 0 Å². The van der Waals surface area contributed by atoms with Crippen molar-refractivity contribution in [3.05, 3.63) is 35.9 Å².